The highest BCUT2D eigenvalue weighted by Gasteiger charge is 2.27. The quantitative estimate of drug-likeness (QED) is 0.217. The molecule has 1 atom stereocenters. The summed E-state index contributed by atoms with van der Waals surface area (Å²) in [5.41, 5.74) is -0.460. The maximum atomic E-state index is 12.5. The van der Waals surface area contributed by atoms with Gasteiger partial charge in [-0.25, -0.2) is 18.4 Å². The monoisotopic (exact) mass is 499 g/mol. The van der Waals surface area contributed by atoms with Gasteiger partial charge in [-0.15, -0.1) is 0 Å². The van der Waals surface area contributed by atoms with E-state index >= 15 is 0 Å². The lowest BCUT2D eigenvalue weighted by atomic mass is 10.0. The van der Waals surface area contributed by atoms with Crippen LogP contribution >= 0.6 is 11.6 Å². The third kappa shape index (κ3) is 7.41. The number of nitro benzene ring substituents is 1. The van der Waals surface area contributed by atoms with Crippen molar-refractivity contribution >= 4 is 39.2 Å². The van der Waals surface area contributed by atoms with Gasteiger partial charge in [-0.2, -0.15) is 0 Å². The second-order valence-corrected chi connectivity index (χ2v) is 9.12. The average Bonchev–Trinajstić information content (AvgIpc) is 2.74. The van der Waals surface area contributed by atoms with Crippen LogP contribution in [0.1, 0.15) is 24.2 Å². The minimum Gasteiger partial charge on any atom is -0.490 e. The van der Waals surface area contributed by atoms with Gasteiger partial charge in [0, 0.05) is 11.6 Å². The van der Waals surface area contributed by atoms with Crippen LogP contribution in [0.2, 0.25) is 5.02 Å². The summed E-state index contributed by atoms with van der Waals surface area (Å²) < 4.78 is 33.0. The standard InChI is InChI=1S/C20H22ClN3O8S/c1-12(2)18(23-19(25)13-3-8-16(21)17(11-13)24(27)28)20(26)32-10-9-31-14-4-6-15(7-5-14)33(22,29)30/h3-8,11-12,18H,9-10H2,1-2H3,(H,23,25)(H2,22,29,30)/t18-/m0/s1. The number of nitrogens with two attached hydrogens (primary N) is 1. The SMILES string of the molecule is CC(C)[C@H](NC(=O)c1ccc(Cl)c([N+](=O)[O-])c1)C(=O)OCCOc1ccc(S(N)(=O)=O)cc1. The minimum absolute atomic E-state index is 0.0252. The van der Waals surface area contributed by atoms with Gasteiger partial charge in [0.1, 0.15) is 30.0 Å². The highest BCUT2D eigenvalue weighted by atomic mass is 35.5. The first-order valence-electron chi connectivity index (χ1n) is 9.57. The highest BCUT2D eigenvalue weighted by Crippen LogP contribution is 2.25. The van der Waals surface area contributed by atoms with Crippen LogP contribution in [0.4, 0.5) is 5.69 Å². The zero-order chi connectivity index (χ0) is 24.8. The van der Waals surface area contributed by atoms with Gasteiger partial charge in [-0.3, -0.25) is 14.9 Å². The molecule has 0 radical (unpaired) electrons. The van der Waals surface area contributed by atoms with E-state index in [1.807, 2.05) is 0 Å². The van der Waals surface area contributed by atoms with Crippen molar-refractivity contribution in [2.24, 2.45) is 11.1 Å². The summed E-state index contributed by atoms with van der Waals surface area (Å²) in [5.74, 6) is -1.40. The van der Waals surface area contributed by atoms with Gasteiger partial charge in [0.25, 0.3) is 11.6 Å². The summed E-state index contributed by atoms with van der Waals surface area (Å²) in [6.45, 7) is 3.23. The first-order chi connectivity index (χ1) is 15.4. The van der Waals surface area contributed by atoms with Gasteiger partial charge >= 0.3 is 5.97 Å². The Morgan fingerprint density at radius 2 is 1.79 bits per heavy atom. The highest BCUT2D eigenvalue weighted by molar-refractivity contribution is 7.89. The summed E-state index contributed by atoms with van der Waals surface area (Å²) in [6.07, 6.45) is 0. The predicted molar refractivity (Wildman–Crippen MR) is 118 cm³/mol. The molecule has 0 heterocycles. The molecule has 0 spiro atoms. The number of primary sulfonamides is 1. The lowest BCUT2D eigenvalue weighted by Crippen LogP contribution is -2.45. The number of hydrogen-bond donors (Lipinski definition) is 2. The lowest BCUT2D eigenvalue weighted by Gasteiger charge is -2.21. The van der Waals surface area contributed by atoms with Gasteiger partial charge in [-0.05, 0) is 42.3 Å². The van der Waals surface area contributed by atoms with E-state index in [0.29, 0.717) is 5.75 Å². The number of esters is 1. The van der Waals surface area contributed by atoms with Crippen molar-refractivity contribution < 1.29 is 32.4 Å². The number of ether oxygens (including phenoxy) is 2. The molecule has 3 N–H and O–H groups in total. The molecular formula is C20H22ClN3O8S. The number of hydrogen-bond acceptors (Lipinski definition) is 8. The van der Waals surface area contributed by atoms with Gasteiger partial charge in [0.15, 0.2) is 0 Å². The summed E-state index contributed by atoms with van der Waals surface area (Å²) in [6, 6.07) is 7.92. The van der Waals surface area contributed by atoms with Crippen molar-refractivity contribution in [2.75, 3.05) is 13.2 Å². The number of benzene rings is 2. The van der Waals surface area contributed by atoms with Crippen LogP contribution in [-0.4, -0.2) is 44.5 Å². The van der Waals surface area contributed by atoms with Crippen molar-refractivity contribution in [3.05, 3.63) is 63.2 Å². The molecule has 11 nitrogen and oxygen atoms in total. The van der Waals surface area contributed by atoms with E-state index in [2.05, 4.69) is 5.32 Å². The molecule has 2 aromatic carbocycles. The Kier molecular flexibility index (Phi) is 8.74. The fourth-order valence-electron chi connectivity index (χ4n) is 2.63. The molecule has 2 aromatic rings. The van der Waals surface area contributed by atoms with E-state index in [0.717, 1.165) is 6.07 Å². The van der Waals surface area contributed by atoms with E-state index in [-0.39, 0.29) is 34.6 Å². The van der Waals surface area contributed by atoms with Crippen LogP contribution in [-0.2, 0) is 19.6 Å². The Labute approximate surface area is 195 Å². The normalized spacial score (nSPS) is 12.2. The average molecular weight is 500 g/mol. The van der Waals surface area contributed by atoms with Crippen LogP contribution in [0, 0.1) is 16.0 Å². The van der Waals surface area contributed by atoms with Gasteiger partial charge in [0.05, 0.1) is 9.82 Å². The first kappa shape index (κ1) is 26.0. The van der Waals surface area contributed by atoms with E-state index < -0.39 is 38.6 Å². The number of carbonyl (C=O) groups excluding carboxylic acids is 2. The Morgan fingerprint density at radius 1 is 1.15 bits per heavy atom. The third-order valence-corrected chi connectivity index (χ3v) is 5.61. The van der Waals surface area contributed by atoms with Crippen LogP contribution in [0.5, 0.6) is 5.75 Å². The molecule has 0 fully saturated rings. The maximum Gasteiger partial charge on any atom is 0.329 e. The zero-order valence-corrected chi connectivity index (χ0v) is 19.3. The van der Waals surface area contributed by atoms with E-state index in [1.165, 1.54) is 36.4 Å². The molecular weight excluding hydrogens is 478 g/mol. The minimum atomic E-state index is -3.81. The van der Waals surface area contributed by atoms with Crippen LogP contribution in [0.25, 0.3) is 0 Å². The molecule has 178 valence electrons. The molecule has 0 bridgehead atoms. The number of halogens is 1. The van der Waals surface area contributed by atoms with Crippen molar-refractivity contribution in [2.45, 2.75) is 24.8 Å². The van der Waals surface area contributed by atoms with E-state index in [1.54, 1.807) is 13.8 Å². The number of sulfonamides is 1. The number of rotatable bonds is 10. The van der Waals surface area contributed by atoms with Crippen molar-refractivity contribution in [1.82, 2.24) is 5.32 Å². The fraction of sp³-hybridized carbons (Fsp3) is 0.300. The molecule has 0 saturated carbocycles. The topological polar surface area (TPSA) is 168 Å². The van der Waals surface area contributed by atoms with E-state index in [9.17, 15) is 28.1 Å². The number of nitro groups is 1. The van der Waals surface area contributed by atoms with Crippen molar-refractivity contribution in [1.29, 1.82) is 0 Å². The first-order valence-corrected chi connectivity index (χ1v) is 11.5. The molecule has 0 aliphatic heterocycles. The molecule has 0 unspecified atom stereocenters. The van der Waals surface area contributed by atoms with Gasteiger partial charge in [0.2, 0.25) is 10.0 Å². The second kappa shape index (κ2) is 11.1. The van der Waals surface area contributed by atoms with Crippen molar-refractivity contribution in [3.63, 3.8) is 0 Å². The Hall–Kier alpha value is -3.22. The zero-order valence-electron chi connectivity index (χ0n) is 17.7. The smallest absolute Gasteiger partial charge is 0.329 e. The number of amides is 1. The lowest BCUT2D eigenvalue weighted by molar-refractivity contribution is -0.384. The van der Waals surface area contributed by atoms with Crippen LogP contribution in [0.3, 0.4) is 0 Å². The van der Waals surface area contributed by atoms with Crippen molar-refractivity contribution in [3.8, 4) is 5.75 Å². The number of nitrogens with one attached hydrogen (secondary N) is 1. The number of nitrogens with zero attached hydrogens (tertiary/aromatic N) is 1. The Balaban J connectivity index is 1.92. The number of carbonyl (C=O) groups is 2. The Morgan fingerprint density at radius 3 is 2.33 bits per heavy atom. The van der Waals surface area contributed by atoms with Crippen LogP contribution in [0.15, 0.2) is 47.4 Å². The second-order valence-electron chi connectivity index (χ2n) is 7.15. The van der Waals surface area contributed by atoms with E-state index in [4.69, 9.17) is 26.2 Å². The maximum absolute atomic E-state index is 12.5. The summed E-state index contributed by atoms with van der Waals surface area (Å²) in [4.78, 5) is 35.2. The molecule has 0 saturated heterocycles. The molecule has 2 rings (SSSR count). The third-order valence-electron chi connectivity index (χ3n) is 4.36. The van der Waals surface area contributed by atoms with Gasteiger partial charge in [-0.1, -0.05) is 25.4 Å². The Bertz CT molecular complexity index is 1140. The summed E-state index contributed by atoms with van der Waals surface area (Å²) >= 11 is 5.75. The van der Waals surface area contributed by atoms with Gasteiger partial charge < -0.3 is 14.8 Å². The molecule has 1 amide bonds. The molecule has 0 aliphatic carbocycles. The predicted octanol–water partition coefficient (Wildman–Crippen LogP) is 2.27. The molecule has 33 heavy (non-hydrogen) atoms. The molecule has 0 aliphatic rings. The fourth-order valence-corrected chi connectivity index (χ4v) is 3.34. The molecule has 0 aromatic heterocycles. The molecule has 13 heteroatoms. The largest absolute Gasteiger partial charge is 0.490 e. The summed E-state index contributed by atoms with van der Waals surface area (Å²) in [7, 11) is -3.81. The van der Waals surface area contributed by atoms with Crippen LogP contribution < -0.4 is 15.2 Å². The summed E-state index contributed by atoms with van der Waals surface area (Å²) in [5, 5.41) is 18.4.